The van der Waals surface area contributed by atoms with Crippen molar-refractivity contribution in [1.82, 2.24) is 10.6 Å². The molecule has 192 valence electrons. The van der Waals surface area contributed by atoms with Crippen LogP contribution in [0.1, 0.15) is 102 Å². The van der Waals surface area contributed by atoms with Gasteiger partial charge in [0.2, 0.25) is 5.91 Å². The van der Waals surface area contributed by atoms with Gasteiger partial charge in [-0.1, -0.05) is 78.6 Å². The number of carboxylic acids is 1. The Balaban J connectivity index is 2.35. The Morgan fingerprint density at radius 1 is 0.824 bits per heavy atom. The maximum atomic E-state index is 12.6. The molecule has 0 radical (unpaired) electrons. The number of carboxylic acid groups (broad SMARTS) is 1. The van der Waals surface area contributed by atoms with Crippen LogP contribution in [0.15, 0.2) is 24.3 Å². The molecule has 7 heteroatoms. The van der Waals surface area contributed by atoms with Gasteiger partial charge in [0.25, 0.3) is 5.91 Å². The minimum Gasteiger partial charge on any atom is -0.494 e. The van der Waals surface area contributed by atoms with Crippen molar-refractivity contribution < 1.29 is 24.2 Å². The summed E-state index contributed by atoms with van der Waals surface area (Å²) in [5.74, 6) is -1.53. The molecule has 1 aromatic rings. The summed E-state index contributed by atoms with van der Waals surface area (Å²) in [6, 6.07) is 4.97. The van der Waals surface area contributed by atoms with Crippen molar-refractivity contribution in [3.05, 3.63) is 29.8 Å². The second-order valence-electron chi connectivity index (χ2n) is 9.32. The topological polar surface area (TPSA) is 105 Å². The van der Waals surface area contributed by atoms with E-state index in [1.807, 2.05) is 0 Å². The van der Waals surface area contributed by atoms with E-state index in [4.69, 9.17) is 9.84 Å². The van der Waals surface area contributed by atoms with E-state index in [0.29, 0.717) is 17.9 Å². The van der Waals surface area contributed by atoms with Crippen molar-refractivity contribution in [2.75, 3.05) is 6.61 Å². The monoisotopic (exact) mass is 476 g/mol. The molecule has 0 bridgehead atoms. The third kappa shape index (κ3) is 12.1. The van der Waals surface area contributed by atoms with Gasteiger partial charge in [0.05, 0.1) is 6.61 Å². The third-order valence-electron chi connectivity index (χ3n) is 5.85. The zero-order valence-electron chi connectivity index (χ0n) is 21.4. The van der Waals surface area contributed by atoms with Crippen LogP contribution in [0.2, 0.25) is 0 Å². The predicted molar refractivity (Wildman–Crippen MR) is 135 cm³/mol. The van der Waals surface area contributed by atoms with Gasteiger partial charge >= 0.3 is 5.97 Å². The highest BCUT2D eigenvalue weighted by molar-refractivity contribution is 5.98. The first-order valence-electron chi connectivity index (χ1n) is 12.8. The lowest BCUT2D eigenvalue weighted by Gasteiger charge is -2.23. The summed E-state index contributed by atoms with van der Waals surface area (Å²) in [5, 5.41) is 14.1. The summed E-state index contributed by atoms with van der Waals surface area (Å²) in [6.07, 6.45) is 12.8. The summed E-state index contributed by atoms with van der Waals surface area (Å²) >= 11 is 0. The van der Waals surface area contributed by atoms with Crippen LogP contribution in [-0.4, -0.2) is 41.6 Å². The molecular weight excluding hydrogens is 432 g/mol. The van der Waals surface area contributed by atoms with Crippen LogP contribution < -0.4 is 15.4 Å². The lowest BCUT2D eigenvalue weighted by Crippen LogP contribution is -2.53. The van der Waals surface area contributed by atoms with Gasteiger partial charge in [-0.2, -0.15) is 0 Å². The fourth-order valence-corrected chi connectivity index (χ4v) is 3.61. The average molecular weight is 477 g/mol. The Morgan fingerprint density at radius 3 is 1.85 bits per heavy atom. The van der Waals surface area contributed by atoms with Crippen molar-refractivity contribution in [2.24, 2.45) is 5.92 Å². The lowest BCUT2D eigenvalue weighted by molar-refractivity contribution is -0.141. The Kier molecular flexibility index (Phi) is 14.7. The first-order chi connectivity index (χ1) is 16.3. The molecule has 7 nitrogen and oxygen atoms in total. The highest BCUT2D eigenvalue weighted by Crippen LogP contribution is 2.15. The van der Waals surface area contributed by atoms with Crippen LogP contribution in [0.5, 0.6) is 5.75 Å². The fourth-order valence-electron chi connectivity index (χ4n) is 3.61. The quantitative estimate of drug-likeness (QED) is 0.248. The molecule has 0 fully saturated rings. The number of hydrogen-bond donors (Lipinski definition) is 3. The molecule has 0 spiro atoms. The van der Waals surface area contributed by atoms with E-state index in [-0.39, 0.29) is 5.92 Å². The highest BCUT2D eigenvalue weighted by atomic mass is 16.5. The Labute approximate surface area is 205 Å². The number of amides is 2. The molecule has 34 heavy (non-hydrogen) atoms. The number of ether oxygens (including phenoxy) is 1. The molecule has 0 aliphatic heterocycles. The van der Waals surface area contributed by atoms with Crippen molar-refractivity contribution in [3.8, 4) is 5.75 Å². The van der Waals surface area contributed by atoms with Gasteiger partial charge in [0.15, 0.2) is 0 Å². The van der Waals surface area contributed by atoms with E-state index in [2.05, 4.69) is 17.6 Å². The number of benzene rings is 1. The standard InChI is InChI=1S/C27H44N2O5/c1-5-6-7-8-9-10-11-12-13-14-19-34-23-17-15-22(16-18-23)25(30)29-24(20(2)3)26(31)28-21(4)27(32)33/h15-18,20-21,24H,5-14,19H2,1-4H3,(H,28,31)(H,29,30)(H,32,33)/t21-,24-/m0/s1. The molecule has 0 aliphatic rings. The van der Waals surface area contributed by atoms with Gasteiger partial charge in [-0.15, -0.1) is 0 Å². The number of unbranched alkanes of at least 4 members (excludes halogenated alkanes) is 9. The summed E-state index contributed by atoms with van der Waals surface area (Å²) < 4.78 is 5.79. The van der Waals surface area contributed by atoms with Crippen LogP contribution in [-0.2, 0) is 9.59 Å². The van der Waals surface area contributed by atoms with Gasteiger partial charge in [0, 0.05) is 5.56 Å². The molecule has 0 saturated heterocycles. The van der Waals surface area contributed by atoms with Crippen LogP contribution >= 0.6 is 0 Å². The highest BCUT2D eigenvalue weighted by Gasteiger charge is 2.27. The molecule has 0 heterocycles. The smallest absolute Gasteiger partial charge is 0.325 e. The number of rotatable bonds is 18. The second-order valence-corrected chi connectivity index (χ2v) is 9.32. The van der Waals surface area contributed by atoms with Crippen LogP contribution in [0, 0.1) is 5.92 Å². The number of carbonyl (C=O) groups is 3. The molecule has 1 rings (SSSR count). The molecule has 0 saturated carbocycles. The largest absolute Gasteiger partial charge is 0.494 e. The van der Waals surface area contributed by atoms with Crippen molar-refractivity contribution in [1.29, 1.82) is 0 Å². The van der Waals surface area contributed by atoms with E-state index < -0.39 is 29.9 Å². The minimum absolute atomic E-state index is 0.200. The first kappa shape index (κ1) is 29.5. The molecule has 2 amide bonds. The summed E-state index contributed by atoms with van der Waals surface area (Å²) in [6.45, 7) is 7.86. The van der Waals surface area contributed by atoms with Gasteiger partial charge in [0.1, 0.15) is 17.8 Å². The Hall–Kier alpha value is -2.57. The van der Waals surface area contributed by atoms with E-state index in [0.717, 1.165) is 12.8 Å². The van der Waals surface area contributed by atoms with Gasteiger partial charge in [-0.25, -0.2) is 0 Å². The maximum absolute atomic E-state index is 12.6. The van der Waals surface area contributed by atoms with Crippen LogP contribution in [0.4, 0.5) is 0 Å². The molecule has 0 unspecified atom stereocenters. The van der Waals surface area contributed by atoms with Gasteiger partial charge in [-0.3, -0.25) is 14.4 Å². The molecule has 1 aromatic carbocycles. The normalized spacial score (nSPS) is 12.7. The number of nitrogens with one attached hydrogen (secondary N) is 2. The van der Waals surface area contributed by atoms with Crippen molar-refractivity contribution in [2.45, 2.75) is 104 Å². The third-order valence-corrected chi connectivity index (χ3v) is 5.85. The van der Waals surface area contributed by atoms with E-state index >= 15 is 0 Å². The van der Waals surface area contributed by atoms with Crippen LogP contribution in [0.25, 0.3) is 0 Å². The van der Waals surface area contributed by atoms with E-state index in [1.165, 1.54) is 58.3 Å². The molecule has 3 N–H and O–H groups in total. The minimum atomic E-state index is -1.13. The molecular formula is C27H44N2O5. The summed E-state index contributed by atoms with van der Waals surface area (Å²) in [7, 11) is 0. The number of carbonyl (C=O) groups excluding carboxylic acids is 2. The number of hydrogen-bond acceptors (Lipinski definition) is 4. The first-order valence-corrected chi connectivity index (χ1v) is 12.8. The average Bonchev–Trinajstić information content (AvgIpc) is 2.80. The van der Waals surface area contributed by atoms with Crippen molar-refractivity contribution >= 4 is 17.8 Å². The Bertz CT molecular complexity index is 733. The molecule has 0 aromatic heterocycles. The molecule has 2 atom stereocenters. The molecule has 0 aliphatic carbocycles. The van der Waals surface area contributed by atoms with Gasteiger partial charge < -0.3 is 20.5 Å². The SMILES string of the molecule is CCCCCCCCCCCCOc1ccc(C(=O)N[C@H](C(=O)N[C@@H](C)C(=O)O)C(C)C)cc1. The van der Waals surface area contributed by atoms with Crippen LogP contribution in [0.3, 0.4) is 0 Å². The summed E-state index contributed by atoms with van der Waals surface area (Å²) in [4.78, 5) is 36.0. The maximum Gasteiger partial charge on any atom is 0.325 e. The second kappa shape index (κ2) is 17.0. The number of aliphatic carboxylic acids is 1. The Morgan fingerprint density at radius 2 is 1.35 bits per heavy atom. The lowest BCUT2D eigenvalue weighted by atomic mass is 10.0. The van der Waals surface area contributed by atoms with E-state index in [9.17, 15) is 14.4 Å². The fraction of sp³-hybridized carbons (Fsp3) is 0.667. The predicted octanol–water partition coefficient (Wildman–Crippen LogP) is 5.33. The summed E-state index contributed by atoms with van der Waals surface area (Å²) in [5.41, 5.74) is 0.413. The van der Waals surface area contributed by atoms with Gasteiger partial charge in [-0.05, 0) is 43.5 Å². The van der Waals surface area contributed by atoms with Crippen molar-refractivity contribution in [3.63, 3.8) is 0 Å². The zero-order chi connectivity index (χ0) is 25.3. The van der Waals surface area contributed by atoms with E-state index in [1.54, 1.807) is 38.1 Å². The zero-order valence-corrected chi connectivity index (χ0v) is 21.4.